The van der Waals surface area contributed by atoms with E-state index in [0.717, 1.165) is 32.1 Å². The van der Waals surface area contributed by atoms with Crippen molar-refractivity contribution in [2.45, 2.75) is 57.4 Å². The molecule has 0 saturated heterocycles. The average Bonchev–Trinajstić information content (AvgIpc) is 2.30. The molecular weight excluding hydrogens is 309 g/mol. The van der Waals surface area contributed by atoms with Gasteiger partial charge in [0.25, 0.3) is 10.1 Å². The number of fused-ring (bicyclic) bond motifs is 2. The molecule has 21 heavy (non-hydrogen) atoms. The molecule has 1 N–H and O–H groups in total. The zero-order valence-electron chi connectivity index (χ0n) is 11.8. The van der Waals surface area contributed by atoms with Gasteiger partial charge >= 0.3 is 6.18 Å². The normalized spacial score (nSPS) is 35.5. The van der Waals surface area contributed by atoms with Gasteiger partial charge in [0.2, 0.25) is 0 Å². The van der Waals surface area contributed by atoms with E-state index in [2.05, 4.69) is 0 Å². The molecule has 2 aliphatic rings. The van der Waals surface area contributed by atoms with Crippen molar-refractivity contribution in [1.29, 1.82) is 0 Å². The standard InChI is InChI=1S/C13H21F3O4S/c1-8-5-9-3-2-4-10(6-9)12(8)20-11(13(14,15)16)7-21(17,18)19/h8-12H,2-7H2,1H3,(H,17,18,19). The molecule has 2 fully saturated rings. The van der Waals surface area contributed by atoms with Crippen LogP contribution in [0.2, 0.25) is 0 Å². The molecule has 0 aromatic heterocycles. The second-order valence-electron chi connectivity index (χ2n) is 6.39. The minimum Gasteiger partial charge on any atom is -0.364 e. The van der Waals surface area contributed by atoms with E-state index in [4.69, 9.17) is 9.29 Å². The number of hydrogen-bond acceptors (Lipinski definition) is 3. The van der Waals surface area contributed by atoms with E-state index in [1.807, 2.05) is 6.92 Å². The highest BCUT2D eigenvalue weighted by Crippen LogP contribution is 2.45. The first kappa shape index (κ1) is 17.0. The summed E-state index contributed by atoms with van der Waals surface area (Å²) in [4.78, 5) is 0. The maximum Gasteiger partial charge on any atom is 0.415 e. The van der Waals surface area contributed by atoms with E-state index in [1.54, 1.807) is 0 Å². The van der Waals surface area contributed by atoms with E-state index in [9.17, 15) is 21.6 Å². The van der Waals surface area contributed by atoms with Crippen LogP contribution in [0.3, 0.4) is 0 Å². The SMILES string of the molecule is CC1CC2CCCC(C2)C1OC(CS(=O)(=O)O)C(F)(F)F. The summed E-state index contributed by atoms with van der Waals surface area (Å²) in [6.45, 7) is 1.86. The lowest BCUT2D eigenvalue weighted by molar-refractivity contribution is -0.242. The van der Waals surface area contributed by atoms with Crippen LogP contribution in [0.15, 0.2) is 0 Å². The second-order valence-corrected chi connectivity index (χ2v) is 7.88. The number of ether oxygens (including phenoxy) is 1. The maximum atomic E-state index is 13.0. The number of halogens is 3. The van der Waals surface area contributed by atoms with Crippen molar-refractivity contribution in [2.75, 3.05) is 5.75 Å². The predicted molar refractivity (Wildman–Crippen MR) is 70.4 cm³/mol. The summed E-state index contributed by atoms with van der Waals surface area (Å²) in [7, 11) is -4.74. The van der Waals surface area contributed by atoms with Crippen LogP contribution in [0.1, 0.15) is 39.0 Å². The Kier molecular flexibility index (Phi) is 4.90. The highest BCUT2D eigenvalue weighted by molar-refractivity contribution is 7.85. The molecule has 0 amide bonds. The topological polar surface area (TPSA) is 63.6 Å². The molecule has 0 heterocycles. The molecule has 0 aromatic carbocycles. The Labute approximate surface area is 122 Å². The van der Waals surface area contributed by atoms with Gasteiger partial charge in [-0.15, -0.1) is 0 Å². The fourth-order valence-corrected chi connectivity index (χ4v) is 4.46. The van der Waals surface area contributed by atoms with Gasteiger partial charge in [0.05, 0.1) is 6.10 Å². The molecule has 5 unspecified atom stereocenters. The number of rotatable bonds is 4. The van der Waals surface area contributed by atoms with Gasteiger partial charge in [0.15, 0.2) is 6.10 Å². The van der Waals surface area contributed by atoms with Crippen LogP contribution in [-0.4, -0.2) is 37.1 Å². The van der Waals surface area contributed by atoms with Crippen LogP contribution >= 0.6 is 0 Å². The largest absolute Gasteiger partial charge is 0.415 e. The first-order valence-corrected chi connectivity index (χ1v) is 8.84. The van der Waals surface area contributed by atoms with E-state index in [0.29, 0.717) is 5.92 Å². The Hall–Kier alpha value is -0.340. The maximum absolute atomic E-state index is 13.0. The van der Waals surface area contributed by atoms with Gasteiger partial charge < -0.3 is 4.74 Å². The van der Waals surface area contributed by atoms with E-state index in [1.165, 1.54) is 0 Å². The Morgan fingerprint density at radius 2 is 1.95 bits per heavy atom. The van der Waals surface area contributed by atoms with E-state index >= 15 is 0 Å². The van der Waals surface area contributed by atoms with Crippen LogP contribution < -0.4 is 0 Å². The highest BCUT2D eigenvalue weighted by Gasteiger charge is 2.48. The first-order chi connectivity index (χ1) is 9.56. The molecule has 4 nitrogen and oxygen atoms in total. The highest BCUT2D eigenvalue weighted by atomic mass is 32.2. The minimum absolute atomic E-state index is 0.0275. The van der Waals surface area contributed by atoms with Gasteiger partial charge in [0.1, 0.15) is 5.75 Å². The van der Waals surface area contributed by atoms with Crippen LogP contribution in [0.5, 0.6) is 0 Å². The van der Waals surface area contributed by atoms with E-state index in [-0.39, 0.29) is 11.8 Å². The Balaban J connectivity index is 2.11. The van der Waals surface area contributed by atoms with E-state index < -0.39 is 34.3 Å². The molecule has 2 rings (SSSR count). The fourth-order valence-electron chi connectivity index (χ4n) is 3.81. The van der Waals surface area contributed by atoms with Crippen molar-refractivity contribution < 1.29 is 30.9 Å². The van der Waals surface area contributed by atoms with Gasteiger partial charge in [-0.3, -0.25) is 4.55 Å². The molecule has 2 saturated carbocycles. The summed E-state index contributed by atoms with van der Waals surface area (Å²) in [5.74, 6) is -0.862. The molecule has 8 heteroatoms. The van der Waals surface area contributed by atoms with Crippen molar-refractivity contribution in [3.8, 4) is 0 Å². The molecule has 0 radical (unpaired) electrons. The third-order valence-corrected chi connectivity index (χ3v) is 5.33. The summed E-state index contributed by atoms with van der Waals surface area (Å²) >= 11 is 0. The average molecular weight is 330 g/mol. The molecule has 2 aliphatic carbocycles. The van der Waals surface area contributed by atoms with Crippen LogP contribution in [0, 0.1) is 17.8 Å². The molecule has 0 spiro atoms. The Morgan fingerprint density at radius 3 is 2.52 bits per heavy atom. The number of alkyl halides is 3. The predicted octanol–water partition coefficient (Wildman–Crippen LogP) is 3.04. The lowest BCUT2D eigenvalue weighted by Crippen LogP contribution is -2.47. The molecular formula is C13H21F3O4S. The second kappa shape index (κ2) is 6.04. The van der Waals surface area contributed by atoms with Crippen LogP contribution in [0.25, 0.3) is 0 Å². The van der Waals surface area contributed by atoms with Crippen molar-refractivity contribution >= 4 is 10.1 Å². The molecule has 0 aromatic rings. The lowest BCUT2D eigenvalue weighted by Gasteiger charge is -2.45. The smallest absolute Gasteiger partial charge is 0.364 e. The summed E-state index contributed by atoms with van der Waals surface area (Å²) < 4.78 is 74.3. The summed E-state index contributed by atoms with van der Waals surface area (Å²) in [6, 6.07) is 0. The van der Waals surface area contributed by atoms with Crippen LogP contribution in [0.4, 0.5) is 13.2 Å². The van der Waals surface area contributed by atoms with Gasteiger partial charge in [-0.1, -0.05) is 19.8 Å². The quantitative estimate of drug-likeness (QED) is 0.805. The molecule has 124 valence electrons. The summed E-state index contributed by atoms with van der Waals surface area (Å²) in [5, 5.41) is 0. The van der Waals surface area contributed by atoms with Crippen molar-refractivity contribution in [2.24, 2.45) is 17.8 Å². The third kappa shape index (κ3) is 4.56. The first-order valence-electron chi connectivity index (χ1n) is 7.23. The minimum atomic E-state index is -4.80. The van der Waals surface area contributed by atoms with Crippen LogP contribution in [-0.2, 0) is 14.9 Å². The van der Waals surface area contributed by atoms with Crippen molar-refractivity contribution in [1.82, 2.24) is 0 Å². The Morgan fingerprint density at radius 1 is 1.29 bits per heavy atom. The molecule has 5 atom stereocenters. The van der Waals surface area contributed by atoms with Gasteiger partial charge in [-0.05, 0) is 37.0 Å². The van der Waals surface area contributed by atoms with Gasteiger partial charge in [-0.25, -0.2) is 0 Å². The Bertz CT molecular complexity index is 461. The monoisotopic (exact) mass is 330 g/mol. The summed E-state index contributed by atoms with van der Waals surface area (Å²) in [5.41, 5.74) is 0. The fraction of sp³-hybridized carbons (Fsp3) is 1.00. The molecule has 2 bridgehead atoms. The van der Waals surface area contributed by atoms with Crippen molar-refractivity contribution in [3.63, 3.8) is 0 Å². The van der Waals surface area contributed by atoms with Crippen molar-refractivity contribution in [3.05, 3.63) is 0 Å². The third-order valence-electron chi connectivity index (χ3n) is 4.60. The summed E-state index contributed by atoms with van der Waals surface area (Å²) in [6.07, 6.45) is -3.27. The zero-order valence-corrected chi connectivity index (χ0v) is 12.7. The van der Waals surface area contributed by atoms with Gasteiger partial charge in [-0.2, -0.15) is 21.6 Å². The van der Waals surface area contributed by atoms with Gasteiger partial charge in [0, 0.05) is 0 Å². The molecule has 0 aliphatic heterocycles. The zero-order chi connectivity index (χ0) is 15.8. The number of hydrogen-bond donors (Lipinski definition) is 1. The lowest BCUT2D eigenvalue weighted by atomic mass is 9.67.